The van der Waals surface area contributed by atoms with Crippen LogP contribution < -0.4 is 4.74 Å². The fourth-order valence-electron chi connectivity index (χ4n) is 1.81. The fourth-order valence-corrected chi connectivity index (χ4v) is 1.81. The minimum atomic E-state index is -0.972. The van der Waals surface area contributed by atoms with Crippen LogP contribution in [0.1, 0.15) is 12.5 Å². The molecule has 86 valence electrons. The molecule has 1 aliphatic rings. The molecule has 1 aromatic rings. The summed E-state index contributed by atoms with van der Waals surface area (Å²) in [5.41, 5.74) is 0.405. The SMILES string of the molecule is CC(=O)[C@H]1Oc2cc(O)cc(O)c2C[C@@H]1O. The summed E-state index contributed by atoms with van der Waals surface area (Å²) >= 11 is 0. The third-order valence-corrected chi connectivity index (χ3v) is 2.59. The number of fused-ring (bicyclic) bond motifs is 1. The van der Waals surface area contributed by atoms with Crippen LogP contribution in [0.3, 0.4) is 0 Å². The van der Waals surface area contributed by atoms with E-state index >= 15 is 0 Å². The topological polar surface area (TPSA) is 87.0 Å². The maximum atomic E-state index is 11.2. The summed E-state index contributed by atoms with van der Waals surface area (Å²) in [6.07, 6.45) is -1.78. The van der Waals surface area contributed by atoms with Crippen molar-refractivity contribution in [3.05, 3.63) is 17.7 Å². The summed E-state index contributed by atoms with van der Waals surface area (Å²) in [7, 11) is 0. The highest BCUT2D eigenvalue weighted by Crippen LogP contribution is 2.37. The average molecular weight is 224 g/mol. The second-order valence-electron chi connectivity index (χ2n) is 3.86. The normalized spacial score (nSPS) is 23.4. The molecule has 2 rings (SSSR count). The quantitative estimate of drug-likeness (QED) is 0.640. The smallest absolute Gasteiger partial charge is 0.182 e. The van der Waals surface area contributed by atoms with Crippen LogP contribution in [-0.4, -0.2) is 33.3 Å². The van der Waals surface area contributed by atoms with Gasteiger partial charge in [0.25, 0.3) is 0 Å². The van der Waals surface area contributed by atoms with Crippen molar-refractivity contribution in [3.8, 4) is 17.2 Å². The molecule has 5 heteroatoms. The van der Waals surface area contributed by atoms with Gasteiger partial charge in [0, 0.05) is 24.1 Å². The highest BCUT2D eigenvalue weighted by atomic mass is 16.5. The van der Waals surface area contributed by atoms with Gasteiger partial charge in [0.1, 0.15) is 23.4 Å². The lowest BCUT2D eigenvalue weighted by atomic mass is 9.96. The molecule has 3 N–H and O–H groups in total. The van der Waals surface area contributed by atoms with Gasteiger partial charge in [-0.15, -0.1) is 0 Å². The van der Waals surface area contributed by atoms with Crippen molar-refractivity contribution in [1.82, 2.24) is 0 Å². The zero-order valence-corrected chi connectivity index (χ0v) is 8.67. The number of aliphatic hydroxyl groups is 1. The molecule has 16 heavy (non-hydrogen) atoms. The lowest BCUT2D eigenvalue weighted by Crippen LogP contribution is -2.42. The molecule has 1 aromatic carbocycles. The van der Waals surface area contributed by atoms with E-state index in [2.05, 4.69) is 0 Å². The van der Waals surface area contributed by atoms with Crippen molar-refractivity contribution < 1.29 is 24.9 Å². The molecule has 0 unspecified atom stereocenters. The highest BCUT2D eigenvalue weighted by molar-refractivity contribution is 5.82. The van der Waals surface area contributed by atoms with E-state index in [0.717, 1.165) is 0 Å². The van der Waals surface area contributed by atoms with E-state index in [0.29, 0.717) is 5.56 Å². The number of hydrogen-bond acceptors (Lipinski definition) is 5. The number of phenolic OH excluding ortho intramolecular Hbond substituents is 2. The van der Waals surface area contributed by atoms with Gasteiger partial charge >= 0.3 is 0 Å². The summed E-state index contributed by atoms with van der Waals surface area (Å²) in [6, 6.07) is 2.49. The van der Waals surface area contributed by atoms with Crippen LogP contribution in [0.25, 0.3) is 0 Å². The standard InChI is InChI=1S/C11H12O5/c1-5(12)11-9(15)4-7-8(14)2-6(13)3-10(7)16-11/h2-3,9,11,13-15H,4H2,1H3/t9-,11+/m0/s1. The Morgan fingerprint density at radius 2 is 2.12 bits per heavy atom. The Labute approximate surface area is 91.9 Å². The molecule has 0 aromatic heterocycles. The zero-order valence-electron chi connectivity index (χ0n) is 8.67. The molecule has 0 fully saturated rings. The van der Waals surface area contributed by atoms with E-state index in [1.807, 2.05) is 0 Å². The number of carbonyl (C=O) groups excluding carboxylic acids is 1. The predicted molar refractivity (Wildman–Crippen MR) is 54.6 cm³/mol. The monoisotopic (exact) mass is 224 g/mol. The molecule has 0 amide bonds. The third-order valence-electron chi connectivity index (χ3n) is 2.59. The van der Waals surface area contributed by atoms with Crippen LogP contribution in [0.2, 0.25) is 0 Å². The second-order valence-corrected chi connectivity index (χ2v) is 3.86. The number of aromatic hydroxyl groups is 2. The van der Waals surface area contributed by atoms with Crippen molar-refractivity contribution in [2.45, 2.75) is 25.6 Å². The molecule has 5 nitrogen and oxygen atoms in total. The molecule has 0 saturated carbocycles. The number of carbonyl (C=O) groups is 1. The van der Waals surface area contributed by atoms with E-state index in [4.69, 9.17) is 4.74 Å². The minimum Gasteiger partial charge on any atom is -0.508 e. The number of phenols is 2. The number of rotatable bonds is 1. The molecule has 1 aliphatic heterocycles. The molecule has 0 aliphatic carbocycles. The molecule has 2 atom stereocenters. The lowest BCUT2D eigenvalue weighted by molar-refractivity contribution is -0.129. The second kappa shape index (κ2) is 3.68. The number of Topliss-reactive ketones (excluding diaryl/α,β-unsaturated/α-hetero) is 1. The fraction of sp³-hybridized carbons (Fsp3) is 0.364. The Hall–Kier alpha value is -1.75. The van der Waals surface area contributed by atoms with Gasteiger partial charge in [0.05, 0.1) is 0 Å². The Morgan fingerprint density at radius 3 is 2.75 bits per heavy atom. The molecule has 0 bridgehead atoms. The number of aliphatic hydroxyl groups excluding tert-OH is 1. The Morgan fingerprint density at radius 1 is 1.44 bits per heavy atom. The van der Waals surface area contributed by atoms with E-state index in [1.54, 1.807) is 0 Å². The van der Waals surface area contributed by atoms with Crippen LogP contribution in [0.5, 0.6) is 17.2 Å². The Bertz CT molecular complexity index is 440. The molecular weight excluding hydrogens is 212 g/mol. The molecule has 0 radical (unpaired) electrons. The Kier molecular flexibility index (Phi) is 2.47. The first kappa shape index (κ1) is 10.8. The summed E-state index contributed by atoms with van der Waals surface area (Å²) in [6.45, 7) is 1.32. The average Bonchev–Trinajstić information content (AvgIpc) is 2.18. The summed E-state index contributed by atoms with van der Waals surface area (Å²) in [5.74, 6) is -0.338. The van der Waals surface area contributed by atoms with Crippen LogP contribution in [-0.2, 0) is 11.2 Å². The van der Waals surface area contributed by atoms with Gasteiger partial charge < -0.3 is 20.1 Å². The maximum absolute atomic E-state index is 11.2. The van der Waals surface area contributed by atoms with Gasteiger partial charge in [0.15, 0.2) is 11.9 Å². The number of hydrogen-bond donors (Lipinski definition) is 3. The third kappa shape index (κ3) is 1.69. The van der Waals surface area contributed by atoms with E-state index in [-0.39, 0.29) is 29.5 Å². The van der Waals surface area contributed by atoms with Crippen LogP contribution in [0, 0.1) is 0 Å². The Balaban J connectivity index is 2.43. The van der Waals surface area contributed by atoms with E-state index < -0.39 is 12.2 Å². The molecule has 1 heterocycles. The molecular formula is C11H12O5. The molecule has 0 saturated heterocycles. The van der Waals surface area contributed by atoms with Crippen molar-refractivity contribution in [2.75, 3.05) is 0 Å². The van der Waals surface area contributed by atoms with Gasteiger partial charge in [-0.2, -0.15) is 0 Å². The first-order valence-corrected chi connectivity index (χ1v) is 4.89. The number of ketones is 1. The zero-order chi connectivity index (χ0) is 11.9. The van der Waals surface area contributed by atoms with Crippen LogP contribution in [0.4, 0.5) is 0 Å². The predicted octanol–water partition coefficient (Wildman–Crippen LogP) is 0.351. The number of benzene rings is 1. The minimum absolute atomic E-state index is 0.131. The first-order chi connectivity index (χ1) is 7.49. The maximum Gasteiger partial charge on any atom is 0.182 e. The van der Waals surface area contributed by atoms with E-state index in [1.165, 1.54) is 19.1 Å². The highest BCUT2D eigenvalue weighted by Gasteiger charge is 2.33. The van der Waals surface area contributed by atoms with Crippen LogP contribution in [0.15, 0.2) is 12.1 Å². The van der Waals surface area contributed by atoms with Gasteiger partial charge in [-0.05, 0) is 6.92 Å². The van der Waals surface area contributed by atoms with Gasteiger partial charge in [0.2, 0.25) is 0 Å². The number of ether oxygens (including phenoxy) is 1. The largest absolute Gasteiger partial charge is 0.508 e. The summed E-state index contributed by atoms with van der Waals surface area (Å²) < 4.78 is 5.25. The van der Waals surface area contributed by atoms with Crippen molar-refractivity contribution >= 4 is 5.78 Å². The van der Waals surface area contributed by atoms with E-state index in [9.17, 15) is 20.1 Å². The van der Waals surface area contributed by atoms with Crippen molar-refractivity contribution in [3.63, 3.8) is 0 Å². The summed E-state index contributed by atoms with van der Waals surface area (Å²) in [4.78, 5) is 11.2. The van der Waals surface area contributed by atoms with Gasteiger partial charge in [-0.25, -0.2) is 0 Å². The summed E-state index contributed by atoms with van der Waals surface area (Å²) in [5, 5.41) is 28.5. The van der Waals surface area contributed by atoms with Gasteiger partial charge in [-0.3, -0.25) is 4.79 Å². The lowest BCUT2D eigenvalue weighted by Gasteiger charge is -2.29. The van der Waals surface area contributed by atoms with Crippen LogP contribution >= 0.6 is 0 Å². The van der Waals surface area contributed by atoms with Crippen molar-refractivity contribution in [1.29, 1.82) is 0 Å². The first-order valence-electron chi connectivity index (χ1n) is 4.89. The van der Waals surface area contributed by atoms with Crippen molar-refractivity contribution in [2.24, 2.45) is 0 Å². The molecule has 0 spiro atoms. The van der Waals surface area contributed by atoms with Gasteiger partial charge in [-0.1, -0.05) is 0 Å².